The Morgan fingerprint density at radius 2 is 2.03 bits per heavy atom. The zero-order chi connectivity index (χ0) is 21.8. The first-order valence-electron chi connectivity index (χ1n) is 9.52. The van der Waals surface area contributed by atoms with E-state index >= 15 is 0 Å². The van der Waals surface area contributed by atoms with Crippen LogP contribution in [0.1, 0.15) is 37.2 Å². The minimum atomic E-state index is -4.41. The molecule has 0 fully saturated rings. The maximum absolute atomic E-state index is 12.1. The normalized spacial score (nSPS) is 12.0. The molecule has 9 nitrogen and oxygen atoms in total. The summed E-state index contributed by atoms with van der Waals surface area (Å²) < 4.78 is 36.4. The van der Waals surface area contributed by atoms with Crippen molar-refractivity contribution in [2.45, 2.75) is 44.7 Å². The van der Waals surface area contributed by atoms with E-state index in [1.165, 1.54) is 12.3 Å². The van der Waals surface area contributed by atoms with Gasteiger partial charge in [-0.05, 0) is 25.3 Å². The van der Waals surface area contributed by atoms with Crippen LogP contribution in [0.25, 0.3) is 0 Å². The molecule has 0 aliphatic heterocycles. The fourth-order valence-corrected chi connectivity index (χ4v) is 2.51. The molecular formula is C18H25F3N8O. The third kappa shape index (κ3) is 9.85. The molecule has 30 heavy (non-hydrogen) atoms. The van der Waals surface area contributed by atoms with E-state index in [9.17, 15) is 18.0 Å². The fraction of sp³-hybridized carbons (Fsp3) is 0.500. The van der Waals surface area contributed by atoms with Crippen LogP contribution in [0.15, 0.2) is 29.8 Å². The van der Waals surface area contributed by atoms with Crippen LogP contribution in [0.4, 0.5) is 19.0 Å². The highest BCUT2D eigenvalue weighted by Gasteiger charge is 2.26. The summed E-state index contributed by atoms with van der Waals surface area (Å²) in [6.45, 7) is -0.766. The standard InChI is InChI=1S/C18H25F3N8O/c19-18(20,21)11-26-17(22)29-15-7-9-24-14(28-15)4-2-1-3-8-25-16(30)6-5-13-10-23-12-27-13/h7,9-10,12H,1-6,8,11H2,(H,23,27)(H,25,30)(H3,22,24,26,28,29). The second-order valence-electron chi connectivity index (χ2n) is 6.52. The number of carbonyl (C=O) groups is 1. The number of amides is 1. The first-order chi connectivity index (χ1) is 14.3. The summed E-state index contributed by atoms with van der Waals surface area (Å²) in [6.07, 6.45) is 4.54. The molecule has 0 aliphatic carbocycles. The van der Waals surface area contributed by atoms with Gasteiger partial charge in [0.25, 0.3) is 0 Å². The second-order valence-corrected chi connectivity index (χ2v) is 6.52. The predicted octanol–water partition coefficient (Wildman–Crippen LogP) is 1.95. The SMILES string of the molecule is NC(=NCC(F)(F)F)Nc1ccnc(CCCCCNC(=O)CCc2c[nH]cn2)n1. The minimum Gasteiger partial charge on any atom is -0.370 e. The van der Waals surface area contributed by atoms with Gasteiger partial charge in [0.2, 0.25) is 5.91 Å². The van der Waals surface area contributed by atoms with Gasteiger partial charge in [-0.3, -0.25) is 4.79 Å². The molecule has 2 heterocycles. The number of nitrogens with zero attached hydrogens (tertiary/aromatic N) is 4. The van der Waals surface area contributed by atoms with Crippen molar-refractivity contribution in [3.05, 3.63) is 36.3 Å². The summed E-state index contributed by atoms with van der Waals surface area (Å²) in [6, 6.07) is 1.50. The van der Waals surface area contributed by atoms with E-state index in [2.05, 4.69) is 35.6 Å². The minimum absolute atomic E-state index is 0.00937. The molecule has 0 aromatic carbocycles. The molecule has 0 spiro atoms. The van der Waals surface area contributed by atoms with E-state index in [0.717, 1.165) is 25.0 Å². The van der Waals surface area contributed by atoms with Crippen LogP contribution in [0.3, 0.4) is 0 Å². The number of aliphatic imine (C=N–C) groups is 1. The molecule has 2 aromatic heterocycles. The number of aromatic nitrogens is 4. The van der Waals surface area contributed by atoms with E-state index in [-0.39, 0.29) is 17.7 Å². The summed E-state index contributed by atoms with van der Waals surface area (Å²) in [5.74, 6) is 0.462. The molecule has 0 aliphatic rings. The number of carbonyl (C=O) groups excluding carboxylic acids is 1. The van der Waals surface area contributed by atoms with Crippen molar-refractivity contribution in [3.63, 3.8) is 0 Å². The summed E-state index contributed by atoms with van der Waals surface area (Å²) in [4.78, 5) is 30.2. The van der Waals surface area contributed by atoms with Gasteiger partial charge in [0.1, 0.15) is 18.2 Å². The maximum atomic E-state index is 12.1. The molecule has 2 rings (SSSR count). The van der Waals surface area contributed by atoms with Crippen LogP contribution in [0.5, 0.6) is 0 Å². The Morgan fingerprint density at radius 1 is 1.20 bits per heavy atom. The topological polar surface area (TPSA) is 134 Å². The first kappa shape index (κ1) is 23.1. The number of aryl methyl sites for hydroxylation is 2. The monoisotopic (exact) mass is 426 g/mol. The van der Waals surface area contributed by atoms with Gasteiger partial charge in [0.15, 0.2) is 5.96 Å². The Bertz CT molecular complexity index is 808. The number of halogens is 3. The van der Waals surface area contributed by atoms with Crippen molar-refractivity contribution >= 4 is 17.7 Å². The molecular weight excluding hydrogens is 401 g/mol. The Labute approximate surface area is 171 Å². The average Bonchev–Trinajstić information content (AvgIpc) is 3.21. The molecule has 0 saturated heterocycles. The third-order valence-corrected chi connectivity index (χ3v) is 3.95. The average molecular weight is 426 g/mol. The third-order valence-electron chi connectivity index (χ3n) is 3.95. The lowest BCUT2D eigenvalue weighted by atomic mass is 10.2. The van der Waals surface area contributed by atoms with Crippen LogP contribution < -0.4 is 16.4 Å². The quantitative estimate of drug-likeness (QED) is 0.247. The van der Waals surface area contributed by atoms with Gasteiger partial charge >= 0.3 is 6.18 Å². The number of anilines is 1. The molecule has 0 unspecified atom stereocenters. The highest BCUT2D eigenvalue weighted by atomic mass is 19.4. The summed E-state index contributed by atoms with van der Waals surface area (Å²) >= 11 is 0. The van der Waals surface area contributed by atoms with E-state index in [1.807, 2.05) is 0 Å². The molecule has 0 saturated carbocycles. The molecule has 5 N–H and O–H groups in total. The number of rotatable bonds is 11. The summed E-state index contributed by atoms with van der Waals surface area (Å²) in [5, 5.41) is 5.39. The van der Waals surface area contributed by atoms with Crippen molar-refractivity contribution in [1.82, 2.24) is 25.3 Å². The highest BCUT2D eigenvalue weighted by molar-refractivity contribution is 5.91. The predicted molar refractivity (Wildman–Crippen MR) is 106 cm³/mol. The van der Waals surface area contributed by atoms with Crippen LogP contribution in [-0.4, -0.2) is 51.1 Å². The Kier molecular flexibility index (Phi) is 9.03. The zero-order valence-corrected chi connectivity index (χ0v) is 16.4. The number of hydrogen-bond acceptors (Lipinski definition) is 5. The Morgan fingerprint density at radius 3 is 2.77 bits per heavy atom. The largest absolute Gasteiger partial charge is 0.408 e. The lowest BCUT2D eigenvalue weighted by Crippen LogP contribution is -2.26. The van der Waals surface area contributed by atoms with Crippen LogP contribution in [0, 0.1) is 0 Å². The lowest BCUT2D eigenvalue weighted by Gasteiger charge is -2.08. The number of unbranched alkanes of at least 4 members (excludes halogenated alkanes) is 2. The molecule has 12 heteroatoms. The molecule has 2 aromatic rings. The van der Waals surface area contributed by atoms with E-state index in [4.69, 9.17) is 5.73 Å². The van der Waals surface area contributed by atoms with Crippen LogP contribution in [-0.2, 0) is 17.6 Å². The van der Waals surface area contributed by atoms with Crippen molar-refractivity contribution in [1.29, 1.82) is 0 Å². The molecule has 164 valence electrons. The van der Waals surface area contributed by atoms with Crippen molar-refractivity contribution in [2.24, 2.45) is 10.7 Å². The van der Waals surface area contributed by atoms with Gasteiger partial charge in [-0.2, -0.15) is 13.2 Å². The number of nitrogens with two attached hydrogens (primary N) is 1. The zero-order valence-electron chi connectivity index (χ0n) is 16.4. The number of alkyl halides is 3. The van der Waals surface area contributed by atoms with Crippen molar-refractivity contribution in [3.8, 4) is 0 Å². The number of guanidine groups is 1. The number of imidazole rings is 1. The molecule has 1 amide bonds. The van der Waals surface area contributed by atoms with Crippen LogP contribution in [0.2, 0.25) is 0 Å². The molecule has 0 radical (unpaired) electrons. The van der Waals surface area contributed by atoms with Gasteiger partial charge in [-0.1, -0.05) is 6.42 Å². The van der Waals surface area contributed by atoms with Gasteiger partial charge in [-0.25, -0.2) is 19.9 Å². The lowest BCUT2D eigenvalue weighted by molar-refractivity contribution is -0.121. The number of H-pyrrole nitrogens is 1. The molecule has 0 atom stereocenters. The smallest absolute Gasteiger partial charge is 0.370 e. The van der Waals surface area contributed by atoms with Crippen molar-refractivity contribution < 1.29 is 18.0 Å². The fourth-order valence-electron chi connectivity index (χ4n) is 2.51. The van der Waals surface area contributed by atoms with Gasteiger partial charge in [-0.15, -0.1) is 0 Å². The maximum Gasteiger partial charge on any atom is 0.408 e. The number of aromatic amines is 1. The number of hydrogen-bond donors (Lipinski definition) is 4. The second kappa shape index (κ2) is 11.7. The Hall–Kier alpha value is -3.18. The van der Waals surface area contributed by atoms with E-state index in [0.29, 0.717) is 31.6 Å². The van der Waals surface area contributed by atoms with Crippen LogP contribution >= 0.6 is 0 Å². The summed E-state index contributed by atoms with van der Waals surface area (Å²) in [7, 11) is 0. The van der Waals surface area contributed by atoms with E-state index in [1.54, 1.807) is 12.5 Å². The van der Waals surface area contributed by atoms with Crippen molar-refractivity contribution in [2.75, 3.05) is 18.4 Å². The first-order valence-corrected chi connectivity index (χ1v) is 9.52. The summed E-state index contributed by atoms with van der Waals surface area (Å²) in [5.41, 5.74) is 6.29. The number of nitrogens with one attached hydrogen (secondary N) is 3. The van der Waals surface area contributed by atoms with Gasteiger partial charge in [0, 0.05) is 31.8 Å². The van der Waals surface area contributed by atoms with E-state index < -0.39 is 12.7 Å². The molecule has 0 bridgehead atoms. The Balaban J connectivity index is 1.61. The van der Waals surface area contributed by atoms with Gasteiger partial charge in [0.05, 0.1) is 12.0 Å². The van der Waals surface area contributed by atoms with Gasteiger partial charge < -0.3 is 21.4 Å². The highest BCUT2D eigenvalue weighted by Crippen LogP contribution is 2.14.